The maximum atomic E-state index is 13.6. The van der Waals surface area contributed by atoms with E-state index in [0.717, 1.165) is 11.1 Å². The molecule has 1 aliphatic carbocycles. The Morgan fingerprint density at radius 2 is 1.72 bits per heavy atom. The average molecular weight is 527 g/mol. The van der Waals surface area contributed by atoms with Crippen LogP contribution in [0.3, 0.4) is 0 Å². The van der Waals surface area contributed by atoms with Gasteiger partial charge >= 0.3 is 5.97 Å². The molecule has 0 fully saturated rings. The van der Waals surface area contributed by atoms with E-state index >= 15 is 0 Å². The zero-order valence-corrected chi connectivity index (χ0v) is 21.6. The lowest BCUT2D eigenvalue weighted by atomic mass is 9.79. The van der Waals surface area contributed by atoms with E-state index in [0.29, 0.717) is 51.8 Å². The normalized spacial score (nSPS) is 15.9. The summed E-state index contributed by atoms with van der Waals surface area (Å²) >= 11 is 0. The van der Waals surface area contributed by atoms with Crippen LogP contribution in [0.1, 0.15) is 46.8 Å². The lowest BCUT2D eigenvalue weighted by Crippen LogP contribution is -2.29. The van der Waals surface area contributed by atoms with Gasteiger partial charge in [-0.2, -0.15) is 0 Å². The second-order valence-electron chi connectivity index (χ2n) is 9.10. The van der Waals surface area contributed by atoms with E-state index in [4.69, 9.17) is 14.2 Å². The molecule has 0 saturated heterocycles. The van der Waals surface area contributed by atoms with Crippen molar-refractivity contribution >= 4 is 23.1 Å². The summed E-state index contributed by atoms with van der Waals surface area (Å²) < 4.78 is 17.0. The number of hydrogen-bond donors (Lipinski definition) is 1. The number of benzene rings is 3. The summed E-state index contributed by atoms with van der Waals surface area (Å²) in [4.78, 5) is 37.1. The molecule has 198 valence electrons. The van der Waals surface area contributed by atoms with Gasteiger partial charge in [0.05, 0.1) is 29.9 Å². The number of hydrogen-bond acceptors (Lipinski definition) is 8. The van der Waals surface area contributed by atoms with E-state index in [1.165, 1.54) is 19.2 Å². The van der Waals surface area contributed by atoms with Crippen molar-refractivity contribution in [1.82, 2.24) is 5.32 Å². The van der Waals surface area contributed by atoms with Gasteiger partial charge in [0.2, 0.25) is 0 Å². The molecule has 3 aromatic rings. The lowest BCUT2D eigenvalue weighted by Gasteiger charge is -2.29. The molecule has 39 heavy (non-hydrogen) atoms. The number of esters is 1. The molecule has 1 atom stereocenters. The topological polar surface area (TPSA) is 117 Å². The summed E-state index contributed by atoms with van der Waals surface area (Å²) in [5, 5.41) is 14.2. The quantitative estimate of drug-likeness (QED) is 0.238. The van der Waals surface area contributed by atoms with Crippen molar-refractivity contribution in [2.24, 2.45) is 0 Å². The van der Waals surface area contributed by atoms with Gasteiger partial charge in [-0.25, -0.2) is 4.79 Å². The second-order valence-corrected chi connectivity index (χ2v) is 9.10. The van der Waals surface area contributed by atoms with Crippen molar-refractivity contribution in [2.45, 2.75) is 26.4 Å². The van der Waals surface area contributed by atoms with Gasteiger partial charge in [0.15, 0.2) is 17.3 Å². The minimum atomic E-state index is -0.684. The number of ether oxygens (including phenoxy) is 3. The molecule has 1 aliphatic heterocycles. The fraction of sp³-hybridized carbons (Fsp3) is 0.200. The van der Waals surface area contributed by atoms with Crippen LogP contribution in [0.15, 0.2) is 83.6 Å². The monoisotopic (exact) mass is 526 g/mol. The van der Waals surface area contributed by atoms with Crippen LogP contribution in [0.5, 0.6) is 11.5 Å². The Morgan fingerprint density at radius 3 is 2.38 bits per heavy atom. The van der Waals surface area contributed by atoms with Gasteiger partial charge in [0.1, 0.15) is 6.61 Å². The summed E-state index contributed by atoms with van der Waals surface area (Å²) in [6.07, 6.45) is 0. The predicted molar refractivity (Wildman–Crippen MR) is 143 cm³/mol. The highest BCUT2D eigenvalue weighted by Crippen LogP contribution is 2.48. The maximum absolute atomic E-state index is 13.6. The SMILES string of the molecule is CCOc1cc([C@@H]2C(C(=O)OC)=C(C)NC3=C2C(=O)c2ccccc23)ccc1OCc1ccc([N+](=O)[O-])cc1. The molecule has 0 spiro atoms. The minimum absolute atomic E-state index is 0.00197. The largest absolute Gasteiger partial charge is 0.490 e. The third kappa shape index (κ3) is 4.63. The Balaban J connectivity index is 1.53. The fourth-order valence-corrected chi connectivity index (χ4v) is 5.01. The Morgan fingerprint density at radius 1 is 1.00 bits per heavy atom. The number of nitrogens with one attached hydrogen (secondary N) is 1. The van der Waals surface area contributed by atoms with Crippen molar-refractivity contribution in [1.29, 1.82) is 0 Å². The molecule has 3 aromatic carbocycles. The van der Waals surface area contributed by atoms with Crippen LogP contribution in [-0.4, -0.2) is 30.4 Å². The van der Waals surface area contributed by atoms with Crippen LogP contribution in [0.4, 0.5) is 5.69 Å². The van der Waals surface area contributed by atoms with Crippen LogP contribution in [0.2, 0.25) is 0 Å². The first kappa shape index (κ1) is 25.7. The molecule has 9 heteroatoms. The number of fused-ring (bicyclic) bond motifs is 2. The Labute approximate surface area is 224 Å². The number of dihydropyridines is 1. The summed E-state index contributed by atoms with van der Waals surface area (Å²) in [7, 11) is 1.32. The molecule has 1 N–H and O–H groups in total. The standard InChI is InChI=1S/C30H26N2O7/c1-4-38-24-15-19(11-14-23(24)39-16-18-9-12-20(13-10-18)32(35)36)26-25(30(34)37-3)17(2)31-28-21-7-5-6-8-22(21)29(33)27(26)28/h5-15,26,31H,4,16H2,1-3H3/t26-/m1/s1. The number of nitro benzene ring substituents is 1. The smallest absolute Gasteiger partial charge is 0.336 e. The first-order valence-electron chi connectivity index (χ1n) is 12.4. The van der Waals surface area contributed by atoms with Crippen LogP contribution < -0.4 is 14.8 Å². The molecule has 0 radical (unpaired) electrons. The third-order valence-electron chi connectivity index (χ3n) is 6.80. The van der Waals surface area contributed by atoms with Crippen LogP contribution >= 0.6 is 0 Å². The van der Waals surface area contributed by atoms with E-state index < -0.39 is 16.8 Å². The predicted octanol–water partition coefficient (Wildman–Crippen LogP) is 5.31. The van der Waals surface area contributed by atoms with Crippen molar-refractivity contribution in [2.75, 3.05) is 13.7 Å². The van der Waals surface area contributed by atoms with Crippen LogP contribution in [-0.2, 0) is 16.1 Å². The first-order chi connectivity index (χ1) is 18.8. The lowest BCUT2D eigenvalue weighted by molar-refractivity contribution is -0.384. The average Bonchev–Trinajstić information content (AvgIpc) is 3.22. The van der Waals surface area contributed by atoms with Crippen molar-refractivity contribution in [3.05, 3.63) is 116 Å². The Bertz CT molecular complexity index is 1550. The van der Waals surface area contributed by atoms with E-state index in [2.05, 4.69) is 5.32 Å². The molecule has 0 bridgehead atoms. The van der Waals surface area contributed by atoms with Crippen molar-refractivity contribution in [3.63, 3.8) is 0 Å². The zero-order chi connectivity index (χ0) is 27.7. The third-order valence-corrected chi connectivity index (χ3v) is 6.80. The molecule has 0 unspecified atom stereocenters. The van der Waals surface area contributed by atoms with Crippen molar-refractivity contribution in [3.8, 4) is 11.5 Å². The minimum Gasteiger partial charge on any atom is -0.490 e. The number of allylic oxidation sites excluding steroid dienone is 2. The second kappa shape index (κ2) is 10.4. The van der Waals surface area contributed by atoms with Crippen LogP contribution in [0, 0.1) is 10.1 Å². The molecule has 0 saturated carbocycles. The summed E-state index contributed by atoms with van der Waals surface area (Å²) in [6.45, 7) is 4.17. The molecular weight excluding hydrogens is 500 g/mol. The Hall–Kier alpha value is -4.92. The molecule has 9 nitrogen and oxygen atoms in total. The van der Waals surface area contributed by atoms with Gasteiger partial charge < -0.3 is 19.5 Å². The van der Waals surface area contributed by atoms with Gasteiger partial charge in [-0.1, -0.05) is 30.3 Å². The van der Waals surface area contributed by atoms with Gasteiger partial charge in [0, 0.05) is 40.4 Å². The van der Waals surface area contributed by atoms with Gasteiger partial charge in [-0.05, 0) is 49.2 Å². The van der Waals surface area contributed by atoms with Gasteiger partial charge in [-0.15, -0.1) is 0 Å². The number of ketones is 1. The zero-order valence-electron chi connectivity index (χ0n) is 21.6. The molecule has 1 heterocycles. The summed E-state index contributed by atoms with van der Waals surface area (Å²) in [5.74, 6) is -0.456. The summed E-state index contributed by atoms with van der Waals surface area (Å²) in [5.41, 5.74) is 4.91. The number of carbonyl (C=O) groups is 2. The van der Waals surface area contributed by atoms with E-state index in [9.17, 15) is 19.7 Å². The highest BCUT2D eigenvalue weighted by atomic mass is 16.6. The number of non-ortho nitro benzene ring substituents is 1. The van der Waals surface area contributed by atoms with Gasteiger partial charge in [0.25, 0.3) is 5.69 Å². The van der Waals surface area contributed by atoms with Crippen LogP contribution in [0.25, 0.3) is 5.70 Å². The molecule has 0 amide bonds. The number of rotatable bonds is 8. The summed E-state index contributed by atoms with van der Waals surface area (Å²) in [6, 6.07) is 18.8. The first-order valence-corrected chi connectivity index (χ1v) is 12.4. The fourth-order valence-electron chi connectivity index (χ4n) is 5.01. The molecular formula is C30H26N2O7. The molecule has 5 rings (SSSR count). The highest BCUT2D eigenvalue weighted by Gasteiger charge is 2.43. The maximum Gasteiger partial charge on any atom is 0.336 e. The number of carbonyl (C=O) groups excluding carboxylic acids is 2. The highest BCUT2D eigenvalue weighted by molar-refractivity contribution is 6.23. The number of nitrogens with zero attached hydrogens (tertiary/aromatic N) is 1. The Kier molecular flexibility index (Phi) is 6.89. The number of Topliss-reactive ketones (excluding diaryl/α,β-unsaturated/α-hetero) is 1. The van der Waals surface area contributed by atoms with Gasteiger partial charge in [-0.3, -0.25) is 14.9 Å². The number of nitro groups is 1. The number of methoxy groups -OCH3 is 1. The van der Waals surface area contributed by atoms with E-state index in [-0.39, 0.29) is 18.1 Å². The van der Waals surface area contributed by atoms with E-state index in [1.807, 2.05) is 25.1 Å². The van der Waals surface area contributed by atoms with Crippen molar-refractivity contribution < 1.29 is 28.7 Å². The molecule has 2 aliphatic rings. The van der Waals surface area contributed by atoms with E-state index in [1.54, 1.807) is 43.3 Å². The molecule has 0 aromatic heterocycles.